The molecule has 0 radical (unpaired) electrons. The van der Waals surface area contributed by atoms with Crippen molar-refractivity contribution in [1.29, 1.82) is 0 Å². The highest BCUT2D eigenvalue weighted by Gasteiger charge is 2.28. The zero-order valence-corrected chi connectivity index (χ0v) is 13.2. The maximum absolute atomic E-state index is 5.21. The average Bonchev–Trinajstić information content (AvgIpc) is 3.01. The monoisotopic (exact) mass is 290 g/mol. The van der Waals surface area contributed by atoms with Gasteiger partial charge in [0.15, 0.2) is 0 Å². The van der Waals surface area contributed by atoms with Gasteiger partial charge in [0.25, 0.3) is 0 Å². The third-order valence-electron chi connectivity index (χ3n) is 3.39. The smallest absolute Gasteiger partial charge is 0.118 e. The summed E-state index contributed by atoms with van der Waals surface area (Å²) in [6.07, 6.45) is 3.91. The molecule has 3 nitrogen and oxygen atoms in total. The lowest BCUT2D eigenvalue weighted by Gasteiger charge is -2.29. The van der Waals surface area contributed by atoms with Gasteiger partial charge < -0.3 is 10.1 Å². The minimum absolute atomic E-state index is 0.112. The number of hydrogen-bond donors (Lipinski definition) is 1. The van der Waals surface area contributed by atoms with Crippen molar-refractivity contribution >= 4 is 11.3 Å². The fraction of sp³-hybridized carbons (Fsp3) is 0.438. The van der Waals surface area contributed by atoms with Gasteiger partial charge in [-0.25, -0.2) is 4.98 Å². The molecule has 20 heavy (non-hydrogen) atoms. The van der Waals surface area contributed by atoms with Gasteiger partial charge in [-0.1, -0.05) is 19.1 Å². The molecular weight excluding hydrogens is 268 g/mol. The van der Waals surface area contributed by atoms with Crippen molar-refractivity contribution < 1.29 is 4.74 Å². The van der Waals surface area contributed by atoms with Crippen LogP contribution in [-0.4, -0.2) is 18.6 Å². The van der Waals surface area contributed by atoms with Crippen molar-refractivity contribution in [3.63, 3.8) is 0 Å². The SMILES string of the molecule is CCCNC(C)(Cc1ccc(OC)cc1)c1nccs1. The lowest BCUT2D eigenvalue weighted by atomic mass is 9.93. The Bertz CT molecular complexity index is 510. The van der Waals surface area contributed by atoms with Crippen LogP contribution in [0.2, 0.25) is 0 Å². The Morgan fingerprint density at radius 1 is 1.30 bits per heavy atom. The highest BCUT2D eigenvalue weighted by atomic mass is 32.1. The Morgan fingerprint density at radius 2 is 2.05 bits per heavy atom. The van der Waals surface area contributed by atoms with Crippen molar-refractivity contribution in [2.45, 2.75) is 32.2 Å². The van der Waals surface area contributed by atoms with E-state index in [0.29, 0.717) is 0 Å². The highest BCUT2D eigenvalue weighted by Crippen LogP contribution is 2.28. The Kier molecular flexibility index (Phi) is 5.15. The molecule has 0 aliphatic heterocycles. The van der Waals surface area contributed by atoms with Crippen LogP contribution in [0.1, 0.15) is 30.8 Å². The van der Waals surface area contributed by atoms with E-state index in [1.54, 1.807) is 18.4 Å². The van der Waals surface area contributed by atoms with E-state index < -0.39 is 0 Å². The number of ether oxygens (including phenoxy) is 1. The summed E-state index contributed by atoms with van der Waals surface area (Å²) < 4.78 is 5.21. The van der Waals surface area contributed by atoms with Gasteiger partial charge in [0.2, 0.25) is 0 Å². The van der Waals surface area contributed by atoms with Gasteiger partial charge in [-0.15, -0.1) is 11.3 Å². The first-order valence-electron chi connectivity index (χ1n) is 6.96. The van der Waals surface area contributed by atoms with Crippen LogP contribution < -0.4 is 10.1 Å². The van der Waals surface area contributed by atoms with Crippen LogP contribution in [0.25, 0.3) is 0 Å². The Balaban J connectivity index is 2.18. The molecule has 1 aromatic carbocycles. The molecule has 1 unspecified atom stereocenters. The lowest BCUT2D eigenvalue weighted by Crippen LogP contribution is -2.41. The second-order valence-electron chi connectivity index (χ2n) is 5.12. The summed E-state index contributed by atoms with van der Waals surface area (Å²) >= 11 is 1.71. The standard InChI is InChI=1S/C16H22N2OS/c1-4-9-18-16(2,15-17-10-11-20-15)12-13-5-7-14(19-3)8-6-13/h5-8,10-11,18H,4,9,12H2,1-3H3. The molecule has 0 aliphatic carbocycles. The largest absolute Gasteiger partial charge is 0.497 e. The van der Waals surface area contributed by atoms with Crippen LogP contribution in [0.3, 0.4) is 0 Å². The molecule has 0 saturated heterocycles. The van der Waals surface area contributed by atoms with Gasteiger partial charge in [0.1, 0.15) is 10.8 Å². The number of benzene rings is 1. The second kappa shape index (κ2) is 6.86. The van der Waals surface area contributed by atoms with Gasteiger partial charge in [-0.05, 0) is 44.0 Å². The summed E-state index contributed by atoms with van der Waals surface area (Å²) in [6.45, 7) is 5.40. The summed E-state index contributed by atoms with van der Waals surface area (Å²) in [6, 6.07) is 8.27. The number of aromatic nitrogens is 1. The summed E-state index contributed by atoms with van der Waals surface area (Å²) in [5.41, 5.74) is 1.17. The number of thiazole rings is 1. The molecule has 4 heteroatoms. The van der Waals surface area contributed by atoms with E-state index in [2.05, 4.69) is 36.3 Å². The molecule has 0 saturated carbocycles. The molecular formula is C16H22N2OS. The van der Waals surface area contributed by atoms with E-state index in [1.807, 2.05) is 23.7 Å². The van der Waals surface area contributed by atoms with E-state index in [0.717, 1.165) is 30.1 Å². The van der Waals surface area contributed by atoms with Crippen LogP contribution in [0.5, 0.6) is 5.75 Å². The lowest BCUT2D eigenvalue weighted by molar-refractivity contribution is 0.362. The third-order valence-corrected chi connectivity index (χ3v) is 4.42. The molecule has 1 atom stereocenters. The predicted octanol–water partition coefficient (Wildman–Crippen LogP) is 3.61. The van der Waals surface area contributed by atoms with Crippen LogP contribution >= 0.6 is 11.3 Å². The minimum Gasteiger partial charge on any atom is -0.497 e. The minimum atomic E-state index is -0.112. The maximum Gasteiger partial charge on any atom is 0.118 e. The topological polar surface area (TPSA) is 34.1 Å². The molecule has 2 aromatic rings. The molecule has 108 valence electrons. The Morgan fingerprint density at radius 3 is 2.60 bits per heavy atom. The first-order chi connectivity index (χ1) is 9.68. The van der Waals surface area contributed by atoms with Crippen molar-refractivity contribution in [3.8, 4) is 5.75 Å². The highest BCUT2D eigenvalue weighted by molar-refractivity contribution is 7.09. The van der Waals surface area contributed by atoms with E-state index in [9.17, 15) is 0 Å². The first-order valence-corrected chi connectivity index (χ1v) is 7.84. The molecule has 0 fully saturated rings. The fourth-order valence-electron chi connectivity index (χ4n) is 2.26. The number of methoxy groups -OCH3 is 1. The van der Waals surface area contributed by atoms with E-state index >= 15 is 0 Å². The van der Waals surface area contributed by atoms with Gasteiger partial charge >= 0.3 is 0 Å². The van der Waals surface area contributed by atoms with Gasteiger partial charge in [0.05, 0.1) is 12.6 Å². The fourth-order valence-corrected chi connectivity index (χ4v) is 3.04. The number of hydrogen-bond acceptors (Lipinski definition) is 4. The van der Waals surface area contributed by atoms with Crippen LogP contribution in [-0.2, 0) is 12.0 Å². The molecule has 1 N–H and O–H groups in total. The van der Waals surface area contributed by atoms with Crippen LogP contribution in [0.15, 0.2) is 35.8 Å². The Hall–Kier alpha value is -1.39. The zero-order chi connectivity index (χ0) is 14.4. The quantitative estimate of drug-likeness (QED) is 0.846. The molecule has 0 aliphatic rings. The third kappa shape index (κ3) is 3.58. The van der Waals surface area contributed by atoms with Gasteiger partial charge in [-0.3, -0.25) is 0 Å². The summed E-state index contributed by atoms with van der Waals surface area (Å²) in [5.74, 6) is 0.895. The maximum atomic E-state index is 5.21. The summed E-state index contributed by atoms with van der Waals surface area (Å²) in [4.78, 5) is 4.50. The Labute approximate surface area is 125 Å². The number of nitrogens with zero attached hydrogens (tertiary/aromatic N) is 1. The molecule has 2 rings (SSSR count). The second-order valence-corrected chi connectivity index (χ2v) is 6.02. The normalized spacial score (nSPS) is 13.9. The van der Waals surface area contributed by atoms with Crippen LogP contribution in [0.4, 0.5) is 0 Å². The molecule has 0 bridgehead atoms. The molecule has 0 spiro atoms. The van der Waals surface area contributed by atoms with Crippen molar-refractivity contribution in [3.05, 3.63) is 46.4 Å². The van der Waals surface area contributed by atoms with Gasteiger partial charge in [-0.2, -0.15) is 0 Å². The molecule has 1 aromatic heterocycles. The van der Waals surface area contributed by atoms with Crippen molar-refractivity contribution in [1.82, 2.24) is 10.3 Å². The van der Waals surface area contributed by atoms with E-state index in [4.69, 9.17) is 4.74 Å². The van der Waals surface area contributed by atoms with Gasteiger partial charge in [0, 0.05) is 11.6 Å². The number of rotatable bonds is 7. The van der Waals surface area contributed by atoms with E-state index in [1.165, 1.54) is 5.56 Å². The van der Waals surface area contributed by atoms with Crippen LogP contribution in [0, 0.1) is 0 Å². The summed E-state index contributed by atoms with van der Waals surface area (Å²) in [5, 5.41) is 6.82. The van der Waals surface area contributed by atoms with Crippen molar-refractivity contribution in [2.24, 2.45) is 0 Å². The zero-order valence-electron chi connectivity index (χ0n) is 12.3. The summed E-state index contributed by atoms with van der Waals surface area (Å²) in [7, 11) is 1.69. The van der Waals surface area contributed by atoms with Crippen molar-refractivity contribution in [2.75, 3.05) is 13.7 Å². The molecule has 0 amide bonds. The predicted molar refractivity (Wildman–Crippen MR) is 84.5 cm³/mol. The van der Waals surface area contributed by atoms with E-state index in [-0.39, 0.29) is 5.54 Å². The first kappa shape index (κ1) is 15.0. The molecule has 1 heterocycles. The number of nitrogens with one attached hydrogen (secondary N) is 1. The average molecular weight is 290 g/mol.